The molecule has 0 saturated carbocycles. The van der Waals surface area contributed by atoms with Gasteiger partial charge in [0.15, 0.2) is 5.69 Å². The van der Waals surface area contributed by atoms with Crippen LogP contribution in [-0.4, -0.2) is 4.98 Å². The first-order valence-corrected chi connectivity index (χ1v) is 6.14. The molecule has 0 radical (unpaired) electrons. The van der Waals surface area contributed by atoms with Crippen LogP contribution in [0.15, 0.2) is 54.2 Å². The summed E-state index contributed by atoms with van der Waals surface area (Å²) in [7, 11) is 0. The van der Waals surface area contributed by atoms with Gasteiger partial charge in [0.1, 0.15) is 5.69 Å². The van der Waals surface area contributed by atoms with Gasteiger partial charge in [-0.05, 0) is 29.0 Å². The Morgan fingerprint density at radius 2 is 2.06 bits per heavy atom. The van der Waals surface area contributed by atoms with E-state index in [1.165, 1.54) is 5.39 Å². The molecule has 17 heavy (non-hydrogen) atoms. The van der Waals surface area contributed by atoms with Gasteiger partial charge in [-0.3, -0.25) is 4.98 Å². The maximum Gasteiger partial charge on any atom is 0.154 e. The second kappa shape index (κ2) is 4.25. The summed E-state index contributed by atoms with van der Waals surface area (Å²) in [6.45, 7) is 0. The van der Waals surface area contributed by atoms with E-state index in [2.05, 4.69) is 11.1 Å². The second-order valence-electron chi connectivity index (χ2n) is 3.74. The predicted octanol–water partition coefficient (Wildman–Crippen LogP) is 2.64. The molecule has 0 bridgehead atoms. The molecule has 0 aliphatic heterocycles. The van der Waals surface area contributed by atoms with Crippen LogP contribution in [0.5, 0.6) is 0 Å². The second-order valence-corrected chi connectivity index (χ2v) is 4.69. The Labute approximate surface area is 103 Å². The van der Waals surface area contributed by atoms with Crippen LogP contribution in [0, 0.1) is 5.21 Å². The van der Waals surface area contributed by atoms with Crippen LogP contribution in [0.4, 0.5) is 11.4 Å². The summed E-state index contributed by atoms with van der Waals surface area (Å²) in [5, 5.41) is 15.4. The number of hydrogen-bond donors (Lipinski definition) is 1. The summed E-state index contributed by atoms with van der Waals surface area (Å²) in [6.07, 6.45) is 3.26. The first-order valence-electron chi connectivity index (χ1n) is 5.26. The Kier molecular flexibility index (Phi) is 2.60. The van der Waals surface area contributed by atoms with E-state index in [9.17, 15) is 5.21 Å². The molecule has 3 rings (SSSR count). The zero-order chi connectivity index (χ0) is 11.7. The third-order valence-corrected chi connectivity index (χ3v) is 3.52. The Hall–Kier alpha value is -1.75. The van der Waals surface area contributed by atoms with Crippen molar-refractivity contribution in [3.8, 4) is 0 Å². The largest absolute Gasteiger partial charge is 0.623 e. The summed E-state index contributed by atoms with van der Waals surface area (Å²) in [6, 6.07) is 11.4. The molecule has 0 saturated heterocycles. The number of nitrogens with one attached hydrogen (secondary N) is 1. The van der Waals surface area contributed by atoms with Crippen molar-refractivity contribution in [2.45, 2.75) is 0 Å². The highest BCUT2D eigenvalue weighted by Crippen LogP contribution is 2.23. The third kappa shape index (κ3) is 1.93. The average Bonchev–Trinajstić information content (AvgIpc) is 2.86. The van der Waals surface area contributed by atoms with Gasteiger partial charge in [-0.1, -0.05) is 0 Å². The summed E-state index contributed by atoms with van der Waals surface area (Å²) in [5.74, 6) is 0. The van der Waals surface area contributed by atoms with E-state index in [-0.39, 0.29) is 5.06 Å². The minimum Gasteiger partial charge on any atom is -0.623 e. The zero-order valence-electron chi connectivity index (χ0n) is 8.96. The lowest BCUT2D eigenvalue weighted by atomic mass is 10.2. The van der Waals surface area contributed by atoms with E-state index in [1.807, 2.05) is 23.6 Å². The number of pyridine rings is 1. The maximum absolute atomic E-state index is 12.2. The van der Waals surface area contributed by atoms with Crippen molar-refractivity contribution in [3.05, 3.63) is 59.4 Å². The molecule has 0 amide bonds. The molecule has 4 heteroatoms. The molecule has 1 N–H and O–H groups in total. The molecule has 0 aliphatic rings. The molecule has 1 aromatic carbocycles. The fraction of sp³-hybridized carbons (Fsp3) is 0. The van der Waals surface area contributed by atoms with E-state index in [0.717, 1.165) is 4.70 Å². The minimum atomic E-state index is 0.0217. The lowest BCUT2D eigenvalue weighted by Crippen LogP contribution is -2.96. The monoisotopic (exact) mass is 242 g/mol. The van der Waals surface area contributed by atoms with Crippen LogP contribution in [0.25, 0.3) is 10.1 Å². The predicted molar refractivity (Wildman–Crippen MR) is 69.7 cm³/mol. The Bertz CT molecular complexity index is 636. The van der Waals surface area contributed by atoms with Crippen molar-refractivity contribution in [1.82, 2.24) is 4.98 Å². The molecular formula is C13H10N2OS. The van der Waals surface area contributed by atoms with Gasteiger partial charge in [-0.2, -0.15) is 0 Å². The number of nitrogens with zero attached hydrogens (tertiary/aromatic N) is 1. The van der Waals surface area contributed by atoms with Gasteiger partial charge in [-0.25, -0.2) is 0 Å². The summed E-state index contributed by atoms with van der Waals surface area (Å²) >= 11 is 1.65. The standard InChI is InChI=1S/C13H10N2OS/c16-15(12-2-1-6-14-9-12)11-4-3-10-5-7-17-13(10)8-11/h1-9,15H. The molecule has 2 aromatic heterocycles. The highest BCUT2D eigenvalue weighted by Gasteiger charge is 2.07. The number of benzene rings is 1. The van der Waals surface area contributed by atoms with Gasteiger partial charge in [0, 0.05) is 29.1 Å². The zero-order valence-corrected chi connectivity index (χ0v) is 9.78. The van der Waals surface area contributed by atoms with Gasteiger partial charge in [0.05, 0.1) is 6.20 Å². The van der Waals surface area contributed by atoms with E-state index in [4.69, 9.17) is 0 Å². The van der Waals surface area contributed by atoms with Gasteiger partial charge in [0.2, 0.25) is 0 Å². The molecule has 1 unspecified atom stereocenters. The molecule has 0 spiro atoms. The van der Waals surface area contributed by atoms with Crippen molar-refractivity contribution in [2.24, 2.45) is 0 Å². The number of hydrogen-bond acceptors (Lipinski definition) is 3. The minimum absolute atomic E-state index is 0.0217. The lowest BCUT2D eigenvalue weighted by Gasteiger charge is -2.20. The highest BCUT2D eigenvalue weighted by atomic mass is 32.1. The van der Waals surface area contributed by atoms with Crippen molar-refractivity contribution in [2.75, 3.05) is 0 Å². The fourth-order valence-corrected chi connectivity index (χ4v) is 2.59. The van der Waals surface area contributed by atoms with Crippen LogP contribution >= 0.6 is 11.3 Å². The van der Waals surface area contributed by atoms with Crippen LogP contribution in [0.2, 0.25) is 0 Å². The molecular weight excluding hydrogens is 232 g/mol. The van der Waals surface area contributed by atoms with E-state index >= 15 is 0 Å². The first-order chi connectivity index (χ1) is 8.34. The smallest absolute Gasteiger partial charge is 0.154 e. The van der Waals surface area contributed by atoms with Crippen LogP contribution < -0.4 is 5.06 Å². The molecule has 3 aromatic rings. The number of fused-ring (bicyclic) bond motifs is 1. The topological polar surface area (TPSA) is 40.4 Å². The van der Waals surface area contributed by atoms with Gasteiger partial charge in [-0.15, -0.1) is 11.3 Å². The SMILES string of the molecule is [O-][NH+](c1cccnc1)c1ccc2ccsc2c1. The molecule has 0 fully saturated rings. The fourth-order valence-electron chi connectivity index (χ4n) is 1.76. The molecule has 84 valence electrons. The van der Waals surface area contributed by atoms with E-state index in [1.54, 1.807) is 35.9 Å². The lowest BCUT2D eigenvalue weighted by molar-refractivity contribution is -0.698. The van der Waals surface area contributed by atoms with E-state index < -0.39 is 0 Å². The van der Waals surface area contributed by atoms with Crippen LogP contribution in [0.1, 0.15) is 0 Å². The average molecular weight is 242 g/mol. The summed E-state index contributed by atoms with van der Waals surface area (Å²) in [5.41, 5.74) is 1.34. The van der Waals surface area contributed by atoms with Crippen molar-refractivity contribution in [1.29, 1.82) is 0 Å². The third-order valence-electron chi connectivity index (χ3n) is 2.64. The number of thiophene rings is 1. The van der Waals surface area contributed by atoms with Gasteiger partial charge >= 0.3 is 0 Å². The highest BCUT2D eigenvalue weighted by molar-refractivity contribution is 7.17. The van der Waals surface area contributed by atoms with E-state index in [0.29, 0.717) is 11.4 Å². The van der Waals surface area contributed by atoms with Crippen molar-refractivity contribution in [3.63, 3.8) is 0 Å². The molecule has 2 heterocycles. The Morgan fingerprint density at radius 1 is 1.12 bits per heavy atom. The van der Waals surface area contributed by atoms with Gasteiger partial charge < -0.3 is 10.3 Å². The Balaban J connectivity index is 2.03. The summed E-state index contributed by atoms with van der Waals surface area (Å²) < 4.78 is 1.14. The van der Waals surface area contributed by atoms with Gasteiger partial charge in [0.25, 0.3) is 0 Å². The summed E-state index contributed by atoms with van der Waals surface area (Å²) in [4.78, 5) is 3.97. The normalized spacial score (nSPS) is 12.8. The van der Waals surface area contributed by atoms with Crippen molar-refractivity contribution >= 4 is 32.8 Å². The number of rotatable bonds is 2. The molecule has 0 aliphatic carbocycles. The van der Waals surface area contributed by atoms with Crippen LogP contribution in [-0.2, 0) is 0 Å². The quantitative estimate of drug-likeness (QED) is 0.702. The first kappa shape index (κ1) is 10.4. The van der Waals surface area contributed by atoms with Crippen molar-refractivity contribution < 1.29 is 5.06 Å². The Morgan fingerprint density at radius 3 is 2.88 bits per heavy atom. The number of aromatic nitrogens is 1. The maximum atomic E-state index is 12.2. The number of quaternary nitrogens is 1. The molecule has 3 nitrogen and oxygen atoms in total. The van der Waals surface area contributed by atoms with Crippen LogP contribution in [0.3, 0.4) is 0 Å². The molecule has 1 atom stereocenters.